The van der Waals surface area contributed by atoms with Crippen molar-refractivity contribution in [2.24, 2.45) is 47.3 Å². The quantitative estimate of drug-likeness (QED) is 0.0457. The summed E-state index contributed by atoms with van der Waals surface area (Å²) in [6.45, 7) is 12.0. The Labute approximate surface area is 444 Å². The molecule has 0 spiro atoms. The van der Waals surface area contributed by atoms with Gasteiger partial charge in [0.25, 0.3) is 0 Å². The lowest BCUT2D eigenvalue weighted by atomic mass is 9.89. The highest BCUT2D eigenvalue weighted by Gasteiger charge is 2.59. The number of thiophene rings is 2. The van der Waals surface area contributed by atoms with E-state index in [1.165, 1.54) is 32.5 Å². The fraction of sp³-hybridized carbons (Fsp3) is 0.238. The largest absolute Gasteiger partial charge is 0.422 e. The molecule has 2 aromatic heterocycles. The minimum Gasteiger partial charge on any atom is -0.422 e. The molecule has 4 heterocycles. The number of hydrogen-bond donors (Lipinski definition) is 0. The molecule has 0 radical (unpaired) electrons. The molecule has 10 nitrogen and oxygen atoms in total. The van der Waals surface area contributed by atoms with Crippen molar-refractivity contribution in [1.82, 2.24) is 0 Å². The fourth-order valence-electron chi connectivity index (χ4n) is 12.2. The van der Waals surface area contributed by atoms with Crippen molar-refractivity contribution in [3.8, 4) is 11.5 Å². The topological polar surface area (TPSA) is 127 Å². The van der Waals surface area contributed by atoms with E-state index in [1.54, 1.807) is 60.7 Å². The first-order chi connectivity index (χ1) is 36.4. The van der Waals surface area contributed by atoms with Gasteiger partial charge in [0.2, 0.25) is 23.6 Å². The Kier molecular flexibility index (Phi) is 13.5. The van der Waals surface area contributed by atoms with E-state index in [2.05, 4.69) is 13.2 Å². The Morgan fingerprint density at radius 3 is 1.24 bits per heavy atom. The lowest BCUT2D eigenvalue weighted by Crippen LogP contribution is -2.33. The molecule has 2 saturated carbocycles. The summed E-state index contributed by atoms with van der Waals surface area (Å²) in [5.74, 6) is -3.78. The molecular weight excluding hydrogens is 977 g/mol. The normalized spacial score (nSPS) is 24.2. The SMILES string of the molecule is C=CC1CC(C=Cc2ccccc2)C2C(=O)N(c3ccc(OC(=O)c4cc(C5=C(c6cc(C(=O)Oc7ccc(N8C(=O)C9C(C=C)CC(/C=C/c%10ccccc%10)C9C8=O)cc7)sc6C)CCC5)c(C)s4)cc3)C(=O)C12. The summed E-state index contributed by atoms with van der Waals surface area (Å²) >= 11 is 2.71. The lowest BCUT2D eigenvalue weighted by molar-refractivity contribution is -0.124. The van der Waals surface area contributed by atoms with Gasteiger partial charge in [-0.2, -0.15) is 0 Å². The third-order valence-electron chi connectivity index (χ3n) is 15.7. The fourth-order valence-corrected chi connectivity index (χ4v) is 14.0. The number of imide groups is 2. The van der Waals surface area contributed by atoms with Crippen LogP contribution in [0.4, 0.5) is 11.4 Å². The molecule has 75 heavy (non-hydrogen) atoms. The van der Waals surface area contributed by atoms with Crippen LogP contribution >= 0.6 is 22.7 Å². The van der Waals surface area contributed by atoms with Crippen LogP contribution in [0.3, 0.4) is 0 Å². The number of aryl methyl sites for hydroxylation is 2. The van der Waals surface area contributed by atoms with E-state index in [0.29, 0.717) is 34.0 Å². The second kappa shape index (κ2) is 20.5. The first-order valence-corrected chi connectivity index (χ1v) is 27.1. The summed E-state index contributed by atoms with van der Waals surface area (Å²) in [7, 11) is 0. The molecule has 5 aliphatic rings. The van der Waals surface area contributed by atoms with Gasteiger partial charge >= 0.3 is 11.9 Å². The van der Waals surface area contributed by atoms with Crippen LogP contribution < -0.4 is 19.3 Å². The average molecular weight is 1030 g/mol. The van der Waals surface area contributed by atoms with Gasteiger partial charge < -0.3 is 9.47 Å². The van der Waals surface area contributed by atoms with Crippen LogP contribution in [0, 0.1) is 61.2 Å². The lowest BCUT2D eigenvalue weighted by Gasteiger charge is -2.19. The summed E-state index contributed by atoms with van der Waals surface area (Å²) in [5.41, 5.74) is 7.09. The molecule has 8 atom stereocenters. The summed E-state index contributed by atoms with van der Waals surface area (Å²) in [5, 5.41) is 0. The highest BCUT2D eigenvalue weighted by atomic mass is 32.1. The zero-order valence-electron chi connectivity index (χ0n) is 41.6. The highest BCUT2D eigenvalue weighted by molar-refractivity contribution is 7.14. The second-order valence-corrected chi connectivity index (χ2v) is 22.5. The number of hydrogen-bond acceptors (Lipinski definition) is 10. The van der Waals surface area contributed by atoms with Crippen LogP contribution in [0.2, 0.25) is 0 Å². The van der Waals surface area contributed by atoms with Gasteiger partial charge in [-0.25, -0.2) is 9.59 Å². The van der Waals surface area contributed by atoms with Crippen molar-refractivity contribution in [2.45, 2.75) is 46.0 Å². The van der Waals surface area contributed by atoms with Crippen LogP contribution in [0.5, 0.6) is 11.5 Å². The third-order valence-corrected chi connectivity index (χ3v) is 17.8. The van der Waals surface area contributed by atoms with E-state index in [4.69, 9.17) is 9.47 Å². The van der Waals surface area contributed by atoms with Crippen LogP contribution in [0.15, 0.2) is 159 Å². The van der Waals surface area contributed by atoms with Crippen molar-refractivity contribution in [2.75, 3.05) is 9.80 Å². The highest BCUT2D eigenvalue weighted by Crippen LogP contribution is 2.52. The number of anilines is 2. The predicted octanol–water partition coefficient (Wildman–Crippen LogP) is 13.2. The molecule has 11 rings (SSSR count). The maximum atomic E-state index is 14.0. The van der Waals surface area contributed by atoms with Crippen molar-refractivity contribution < 1.29 is 38.2 Å². The maximum absolute atomic E-state index is 14.0. The number of fused-ring (bicyclic) bond motifs is 2. The van der Waals surface area contributed by atoms with Gasteiger partial charge in [-0.3, -0.25) is 29.0 Å². The maximum Gasteiger partial charge on any atom is 0.353 e. The van der Waals surface area contributed by atoms with Gasteiger partial charge in [-0.05, 0) is 164 Å². The molecule has 4 aromatic carbocycles. The smallest absolute Gasteiger partial charge is 0.353 e. The number of rotatable bonds is 14. The van der Waals surface area contributed by atoms with Crippen LogP contribution in [0.1, 0.15) is 83.5 Å². The minimum atomic E-state index is -0.514. The molecule has 8 unspecified atom stereocenters. The molecule has 2 saturated heterocycles. The Balaban J connectivity index is 0.739. The van der Waals surface area contributed by atoms with Gasteiger partial charge in [0.05, 0.1) is 35.0 Å². The van der Waals surface area contributed by atoms with Gasteiger partial charge in [0.1, 0.15) is 21.3 Å². The summed E-state index contributed by atoms with van der Waals surface area (Å²) in [6, 6.07) is 36.5. The number of allylic oxidation sites excluding steroid dienone is 6. The van der Waals surface area contributed by atoms with E-state index in [9.17, 15) is 28.8 Å². The van der Waals surface area contributed by atoms with Gasteiger partial charge in [0, 0.05) is 9.75 Å². The third kappa shape index (κ3) is 9.20. The Hall–Kier alpha value is -7.80. The number of benzene rings is 4. The number of ether oxygens (including phenoxy) is 2. The van der Waals surface area contributed by atoms with Crippen LogP contribution in [-0.2, 0) is 19.2 Å². The van der Waals surface area contributed by atoms with Gasteiger partial charge in [0.15, 0.2) is 0 Å². The van der Waals surface area contributed by atoms with Crippen LogP contribution in [-0.4, -0.2) is 35.6 Å². The first-order valence-electron chi connectivity index (χ1n) is 25.5. The van der Waals surface area contributed by atoms with Crippen molar-refractivity contribution in [3.63, 3.8) is 0 Å². The molecule has 6 aromatic rings. The predicted molar refractivity (Wildman–Crippen MR) is 295 cm³/mol. The van der Waals surface area contributed by atoms with Gasteiger partial charge in [-0.15, -0.1) is 35.8 Å². The molecule has 0 bridgehead atoms. The van der Waals surface area contributed by atoms with Crippen molar-refractivity contribution in [3.05, 3.63) is 201 Å². The zero-order valence-corrected chi connectivity index (χ0v) is 43.2. The summed E-state index contributed by atoms with van der Waals surface area (Å²) in [4.78, 5) is 88.3. The van der Waals surface area contributed by atoms with Crippen LogP contribution in [0.25, 0.3) is 23.3 Å². The van der Waals surface area contributed by atoms with Crippen molar-refractivity contribution >= 4 is 92.9 Å². The minimum absolute atomic E-state index is 0.108. The molecule has 3 aliphatic carbocycles. The molecule has 4 amide bonds. The molecule has 376 valence electrons. The molecular formula is C63H54N2O8S2. The average Bonchev–Trinajstić information content (AvgIpc) is 4.33. The number of carbonyl (C=O) groups excluding carboxylic acids is 6. The molecule has 0 N–H and O–H groups in total. The number of amides is 4. The molecule has 2 aliphatic heterocycles. The molecule has 4 fully saturated rings. The monoisotopic (exact) mass is 1030 g/mol. The summed E-state index contributed by atoms with van der Waals surface area (Å²) < 4.78 is 11.7. The Morgan fingerprint density at radius 2 is 0.880 bits per heavy atom. The summed E-state index contributed by atoms with van der Waals surface area (Å²) in [6.07, 6.45) is 15.6. The van der Waals surface area contributed by atoms with E-state index >= 15 is 0 Å². The standard InChI is InChI=1S/C63H54N2O8S2/c1-5-40-32-42(22-20-38-14-9-7-10-15-38)56-54(40)58(66)64(60(56)68)44-24-28-46(29-25-44)72-62(70)52-34-50(36(3)74-52)48-18-13-19-49(48)51-35-53(75-37(51)4)63(71)73-47-30-26-45(27-31-47)65-59(67)55-41(6-2)33-43(57(55)61(65)69)23-21-39-16-11-8-12-17-39/h5-12,14-17,20-31,34-35,40-43,54-57H,1-2,13,18-19,32-33H2,3-4H3/b22-20+,23-21?. The molecule has 12 heteroatoms. The van der Waals surface area contributed by atoms with E-state index in [-0.39, 0.29) is 58.8 Å². The van der Waals surface area contributed by atoms with E-state index in [1.807, 2.05) is 111 Å². The Bertz CT molecular complexity index is 3160. The number of nitrogens with zero attached hydrogens (tertiary/aromatic N) is 2. The van der Waals surface area contributed by atoms with Gasteiger partial charge in [-0.1, -0.05) is 97.1 Å². The van der Waals surface area contributed by atoms with E-state index < -0.39 is 35.6 Å². The Morgan fingerprint density at radius 1 is 0.520 bits per heavy atom. The first kappa shape index (κ1) is 49.4. The number of carbonyl (C=O) groups is 6. The second-order valence-electron chi connectivity index (χ2n) is 20.0. The van der Waals surface area contributed by atoms with Crippen molar-refractivity contribution in [1.29, 1.82) is 0 Å². The zero-order chi connectivity index (χ0) is 52.1. The van der Waals surface area contributed by atoms with E-state index in [0.717, 1.165) is 62.4 Å². The number of esters is 2.